The zero-order valence-electron chi connectivity index (χ0n) is 15.7. The van der Waals surface area contributed by atoms with Gasteiger partial charge in [0.05, 0.1) is 0 Å². The van der Waals surface area contributed by atoms with Crippen LogP contribution in [0.4, 0.5) is 0 Å². The lowest BCUT2D eigenvalue weighted by Crippen LogP contribution is -2.34. The van der Waals surface area contributed by atoms with Gasteiger partial charge in [0.1, 0.15) is 6.54 Å². The number of hydrogen-bond donors (Lipinski definition) is 0. The largest absolute Gasteiger partial charge is 0.205 e. The van der Waals surface area contributed by atoms with Crippen LogP contribution in [0.5, 0.6) is 0 Å². The molecular weight excluding hydrogens is 266 g/mol. The van der Waals surface area contributed by atoms with E-state index in [1.807, 2.05) is 0 Å². The molecule has 0 fully saturated rings. The molecule has 126 valence electrons. The molecule has 1 heteroatoms. The molecule has 0 aromatic carbocycles. The Morgan fingerprint density at radius 1 is 0.773 bits per heavy atom. The maximum Gasteiger partial charge on any atom is 0.172 e. The minimum Gasteiger partial charge on any atom is -0.205 e. The van der Waals surface area contributed by atoms with Gasteiger partial charge in [0.25, 0.3) is 0 Å². The Hall–Kier alpha value is -0.850. The van der Waals surface area contributed by atoms with Gasteiger partial charge in [-0.1, -0.05) is 73.1 Å². The van der Waals surface area contributed by atoms with Crippen LogP contribution in [0.1, 0.15) is 109 Å². The van der Waals surface area contributed by atoms with Crippen LogP contribution in [0.3, 0.4) is 0 Å². The summed E-state index contributed by atoms with van der Waals surface area (Å²) in [6.07, 6.45) is 15.8. The molecule has 0 N–H and O–H groups in total. The predicted molar refractivity (Wildman–Crippen MR) is 97.4 cm³/mol. The molecule has 0 saturated heterocycles. The molecule has 1 nitrogen and oxygen atoms in total. The third kappa shape index (κ3) is 6.94. The molecule has 0 aliphatic heterocycles. The van der Waals surface area contributed by atoms with Gasteiger partial charge < -0.3 is 0 Å². The molecule has 0 unspecified atom stereocenters. The highest BCUT2D eigenvalue weighted by Crippen LogP contribution is 2.24. The molecule has 0 amide bonds. The van der Waals surface area contributed by atoms with Crippen molar-refractivity contribution in [3.8, 4) is 0 Å². The van der Waals surface area contributed by atoms with Crippen molar-refractivity contribution in [3.05, 3.63) is 29.6 Å². The number of hydrogen-bond acceptors (Lipinski definition) is 0. The first-order valence-electron chi connectivity index (χ1n) is 9.59. The monoisotopic (exact) mass is 304 g/mol. The van der Waals surface area contributed by atoms with Crippen molar-refractivity contribution in [1.82, 2.24) is 0 Å². The molecule has 0 bridgehead atoms. The highest BCUT2D eigenvalue weighted by atomic mass is 14.9. The van der Waals surface area contributed by atoms with Crippen LogP contribution in [-0.4, -0.2) is 0 Å². The van der Waals surface area contributed by atoms with Crippen molar-refractivity contribution in [3.63, 3.8) is 0 Å². The fourth-order valence-corrected chi connectivity index (χ4v) is 3.14. The van der Waals surface area contributed by atoms with E-state index in [0.29, 0.717) is 11.8 Å². The first kappa shape index (κ1) is 19.2. The zero-order chi connectivity index (χ0) is 16.4. The van der Waals surface area contributed by atoms with Crippen LogP contribution in [0.15, 0.2) is 18.5 Å². The second-order valence-corrected chi connectivity index (χ2v) is 7.38. The van der Waals surface area contributed by atoms with Crippen LogP contribution in [0.2, 0.25) is 0 Å². The van der Waals surface area contributed by atoms with Gasteiger partial charge in [0.15, 0.2) is 12.4 Å². The van der Waals surface area contributed by atoms with E-state index in [4.69, 9.17) is 0 Å². The zero-order valence-corrected chi connectivity index (χ0v) is 15.7. The van der Waals surface area contributed by atoms with Crippen molar-refractivity contribution in [2.75, 3.05) is 0 Å². The third-order valence-electron chi connectivity index (χ3n) is 4.60. The van der Waals surface area contributed by atoms with E-state index in [9.17, 15) is 0 Å². The molecule has 1 aromatic rings. The lowest BCUT2D eigenvalue weighted by atomic mass is 9.92. The molecule has 0 aliphatic rings. The summed E-state index contributed by atoms with van der Waals surface area (Å²) in [4.78, 5) is 0. The summed E-state index contributed by atoms with van der Waals surface area (Å²) in [6, 6.07) is 2.34. The Balaban J connectivity index is 2.36. The minimum absolute atomic E-state index is 0.614. The van der Waals surface area contributed by atoms with E-state index in [0.717, 1.165) is 0 Å². The number of pyridine rings is 1. The normalized spacial score (nSPS) is 11.6. The van der Waals surface area contributed by atoms with E-state index in [2.05, 4.69) is 57.6 Å². The summed E-state index contributed by atoms with van der Waals surface area (Å²) >= 11 is 0. The molecule has 1 rings (SSSR count). The van der Waals surface area contributed by atoms with Crippen LogP contribution in [0, 0.1) is 0 Å². The van der Waals surface area contributed by atoms with Crippen LogP contribution >= 0.6 is 0 Å². The highest BCUT2D eigenvalue weighted by Gasteiger charge is 2.14. The third-order valence-corrected chi connectivity index (χ3v) is 4.60. The molecule has 1 heterocycles. The van der Waals surface area contributed by atoms with Gasteiger partial charge in [0.2, 0.25) is 0 Å². The van der Waals surface area contributed by atoms with Crippen molar-refractivity contribution in [2.45, 2.75) is 104 Å². The maximum absolute atomic E-state index is 2.40. The molecule has 0 atom stereocenters. The van der Waals surface area contributed by atoms with E-state index in [-0.39, 0.29) is 0 Å². The molecule has 0 radical (unpaired) electrons. The Kier molecular flexibility index (Phi) is 9.43. The topological polar surface area (TPSA) is 3.88 Å². The molecular formula is C21H38N+. The Labute approximate surface area is 139 Å². The molecule has 1 aromatic heterocycles. The van der Waals surface area contributed by atoms with Crippen LogP contribution in [-0.2, 0) is 6.54 Å². The van der Waals surface area contributed by atoms with E-state index < -0.39 is 0 Å². The van der Waals surface area contributed by atoms with Crippen molar-refractivity contribution < 1.29 is 4.57 Å². The van der Waals surface area contributed by atoms with Gasteiger partial charge in [0, 0.05) is 18.1 Å². The standard InChI is InChI=1S/C21H38N/c1-6-7-8-9-10-11-12-13-15-22-16-14-20(18(2)3)21(17-22)19(4)5/h14,16-19H,6-13,15H2,1-5H3/q+1. The number of unbranched alkanes of at least 4 members (excludes halogenated alkanes) is 7. The number of aryl methyl sites for hydroxylation is 1. The SMILES string of the molecule is CCCCCCCCCC[n+]1ccc(C(C)C)c(C(C)C)c1. The fraction of sp³-hybridized carbons (Fsp3) is 0.762. The summed E-state index contributed by atoms with van der Waals surface area (Å²) in [5, 5.41) is 0. The van der Waals surface area contributed by atoms with Gasteiger partial charge in [-0.2, -0.15) is 0 Å². The van der Waals surface area contributed by atoms with E-state index in [1.54, 1.807) is 0 Å². The lowest BCUT2D eigenvalue weighted by Gasteiger charge is -2.14. The van der Waals surface area contributed by atoms with Gasteiger partial charge in [-0.05, 0) is 23.8 Å². The van der Waals surface area contributed by atoms with Crippen molar-refractivity contribution in [2.24, 2.45) is 0 Å². The Bertz CT molecular complexity index is 406. The number of rotatable bonds is 11. The molecule has 0 spiro atoms. The summed E-state index contributed by atoms with van der Waals surface area (Å²) in [5.74, 6) is 1.23. The van der Waals surface area contributed by atoms with Crippen LogP contribution in [0.25, 0.3) is 0 Å². The summed E-state index contributed by atoms with van der Waals surface area (Å²) in [5.41, 5.74) is 3.04. The van der Waals surface area contributed by atoms with Gasteiger partial charge >= 0.3 is 0 Å². The van der Waals surface area contributed by atoms with Crippen molar-refractivity contribution in [1.29, 1.82) is 0 Å². The summed E-state index contributed by atoms with van der Waals surface area (Å²) in [7, 11) is 0. The maximum atomic E-state index is 2.40. The number of nitrogens with zero attached hydrogens (tertiary/aromatic N) is 1. The average molecular weight is 305 g/mol. The van der Waals surface area contributed by atoms with Crippen molar-refractivity contribution >= 4 is 0 Å². The Morgan fingerprint density at radius 3 is 1.86 bits per heavy atom. The second kappa shape index (κ2) is 10.8. The van der Waals surface area contributed by atoms with E-state index in [1.165, 1.54) is 69.0 Å². The highest BCUT2D eigenvalue weighted by molar-refractivity contribution is 5.27. The smallest absolute Gasteiger partial charge is 0.172 e. The van der Waals surface area contributed by atoms with Gasteiger partial charge in [-0.3, -0.25) is 0 Å². The van der Waals surface area contributed by atoms with Gasteiger partial charge in [-0.15, -0.1) is 0 Å². The first-order chi connectivity index (χ1) is 10.6. The van der Waals surface area contributed by atoms with E-state index >= 15 is 0 Å². The lowest BCUT2D eigenvalue weighted by molar-refractivity contribution is -0.697. The molecule has 22 heavy (non-hydrogen) atoms. The quantitative estimate of drug-likeness (QED) is 0.331. The first-order valence-corrected chi connectivity index (χ1v) is 9.59. The fourth-order valence-electron chi connectivity index (χ4n) is 3.14. The Morgan fingerprint density at radius 2 is 1.32 bits per heavy atom. The summed E-state index contributed by atoms with van der Waals surface area (Å²) in [6.45, 7) is 12.7. The van der Waals surface area contributed by atoms with Gasteiger partial charge in [-0.25, -0.2) is 4.57 Å². The predicted octanol–water partition coefficient (Wildman–Crippen LogP) is 6.36. The summed E-state index contributed by atoms with van der Waals surface area (Å²) < 4.78 is 2.40. The second-order valence-electron chi connectivity index (χ2n) is 7.38. The number of aromatic nitrogens is 1. The minimum atomic E-state index is 0.614. The molecule has 0 saturated carbocycles. The average Bonchev–Trinajstić information content (AvgIpc) is 2.49. The van der Waals surface area contributed by atoms with Crippen LogP contribution < -0.4 is 4.57 Å². The molecule has 0 aliphatic carbocycles.